The second-order valence-corrected chi connectivity index (χ2v) is 5.52. The summed E-state index contributed by atoms with van der Waals surface area (Å²) in [4.78, 5) is 33.5. The lowest BCUT2D eigenvalue weighted by Crippen LogP contribution is -2.22. The van der Waals surface area contributed by atoms with Crippen LogP contribution in [0.5, 0.6) is 5.75 Å². The Morgan fingerprint density at radius 2 is 1.89 bits per heavy atom. The Kier molecular flexibility index (Phi) is 6.60. The van der Waals surface area contributed by atoms with Crippen LogP contribution in [0, 0.1) is 10.1 Å². The fourth-order valence-corrected chi connectivity index (χ4v) is 2.17. The Balaban J connectivity index is 2.07. The fourth-order valence-electron chi connectivity index (χ4n) is 2.17. The number of benzene rings is 2. The molecule has 2 rings (SSSR count). The van der Waals surface area contributed by atoms with Gasteiger partial charge in [-0.3, -0.25) is 14.9 Å². The highest BCUT2D eigenvalue weighted by atomic mass is 16.6. The van der Waals surface area contributed by atoms with E-state index in [9.17, 15) is 19.7 Å². The molecule has 0 fully saturated rings. The van der Waals surface area contributed by atoms with Crippen molar-refractivity contribution in [1.29, 1.82) is 0 Å². The Hall–Kier alpha value is -3.74. The molecule has 0 aliphatic heterocycles. The molecule has 27 heavy (non-hydrogen) atoms. The molecule has 0 heterocycles. The third-order valence-electron chi connectivity index (χ3n) is 3.55. The van der Waals surface area contributed by atoms with E-state index in [1.165, 1.54) is 43.4 Å². The van der Waals surface area contributed by atoms with Crippen LogP contribution in [0.3, 0.4) is 0 Å². The Morgan fingerprint density at radius 1 is 1.15 bits per heavy atom. The predicted octanol–water partition coefficient (Wildman–Crippen LogP) is 3.90. The standard InChI is InChI=1S/C20H17NO6/c1-14(20(23)24)27-17-10-6-9-16(13-17)19(22)12-5-3-8-15-7-2-4-11-18(15)21(25)26/h2-14H,1H3,(H,23,24)/b8-3?,12-5+. The quantitative estimate of drug-likeness (QED) is 0.249. The van der Waals surface area contributed by atoms with Crippen molar-refractivity contribution in [2.45, 2.75) is 13.0 Å². The molecular formula is C20H17NO6. The summed E-state index contributed by atoms with van der Waals surface area (Å²) in [5.41, 5.74) is 0.740. The Bertz CT molecular complexity index is 916. The number of allylic oxidation sites excluding steroid dienone is 3. The van der Waals surface area contributed by atoms with Gasteiger partial charge in [-0.05, 0) is 37.3 Å². The van der Waals surface area contributed by atoms with Gasteiger partial charge in [-0.2, -0.15) is 0 Å². The number of ketones is 1. The molecule has 7 nitrogen and oxygen atoms in total. The topological polar surface area (TPSA) is 107 Å². The summed E-state index contributed by atoms with van der Waals surface area (Å²) < 4.78 is 5.23. The fraction of sp³-hybridized carbons (Fsp3) is 0.100. The molecule has 1 N–H and O–H groups in total. The molecular weight excluding hydrogens is 350 g/mol. The van der Waals surface area contributed by atoms with E-state index in [0.717, 1.165) is 0 Å². The Morgan fingerprint density at radius 3 is 2.59 bits per heavy atom. The molecule has 138 valence electrons. The second kappa shape index (κ2) is 9.10. The number of carboxylic acid groups (broad SMARTS) is 1. The van der Waals surface area contributed by atoms with E-state index >= 15 is 0 Å². The van der Waals surface area contributed by atoms with E-state index in [-0.39, 0.29) is 17.2 Å². The van der Waals surface area contributed by atoms with Gasteiger partial charge in [0.15, 0.2) is 11.9 Å². The van der Waals surface area contributed by atoms with Crippen molar-refractivity contribution in [3.8, 4) is 5.75 Å². The van der Waals surface area contributed by atoms with Crippen LogP contribution in [0.1, 0.15) is 22.8 Å². The number of nitro groups is 1. The number of rotatable bonds is 8. The van der Waals surface area contributed by atoms with Crippen LogP contribution in [-0.4, -0.2) is 27.9 Å². The van der Waals surface area contributed by atoms with Crippen LogP contribution >= 0.6 is 0 Å². The predicted molar refractivity (Wildman–Crippen MR) is 99.8 cm³/mol. The summed E-state index contributed by atoms with van der Waals surface area (Å²) >= 11 is 0. The molecule has 0 saturated heterocycles. The van der Waals surface area contributed by atoms with Crippen molar-refractivity contribution in [2.75, 3.05) is 0 Å². The van der Waals surface area contributed by atoms with Crippen LogP contribution in [0.4, 0.5) is 5.69 Å². The van der Waals surface area contributed by atoms with Crippen LogP contribution in [0.2, 0.25) is 0 Å². The van der Waals surface area contributed by atoms with Crippen molar-refractivity contribution in [1.82, 2.24) is 0 Å². The zero-order valence-corrected chi connectivity index (χ0v) is 14.4. The van der Waals surface area contributed by atoms with Crippen molar-refractivity contribution in [3.05, 3.63) is 88.0 Å². The van der Waals surface area contributed by atoms with Crippen molar-refractivity contribution in [3.63, 3.8) is 0 Å². The Labute approximate surface area is 155 Å². The molecule has 0 aliphatic rings. The molecule has 1 unspecified atom stereocenters. The number of nitro benzene ring substituents is 1. The zero-order valence-electron chi connectivity index (χ0n) is 14.4. The third-order valence-corrected chi connectivity index (χ3v) is 3.55. The van der Waals surface area contributed by atoms with Gasteiger partial charge in [0.25, 0.3) is 5.69 Å². The molecule has 0 saturated carbocycles. The molecule has 7 heteroatoms. The lowest BCUT2D eigenvalue weighted by molar-refractivity contribution is -0.385. The molecule has 0 aliphatic carbocycles. The molecule has 0 aromatic heterocycles. The van der Waals surface area contributed by atoms with E-state index < -0.39 is 17.0 Å². The summed E-state index contributed by atoms with van der Waals surface area (Å²) in [7, 11) is 0. The summed E-state index contributed by atoms with van der Waals surface area (Å²) in [5, 5.41) is 19.8. The summed E-state index contributed by atoms with van der Waals surface area (Å²) in [6.45, 7) is 1.39. The average Bonchev–Trinajstić information content (AvgIpc) is 2.65. The van der Waals surface area contributed by atoms with Crippen LogP contribution < -0.4 is 4.74 Å². The van der Waals surface area contributed by atoms with E-state index in [1.807, 2.05) is 0 Å². The van der Waals surface area contributed by atoms with Crippen molar-refractivity contribution in [2.24, 2.45) is 0 Å². The highest BCUT2D eigenvalue weighted by Crippen LogP contribution is 2.19. The number of carbonyl (C=O) groups is 2. The van der Waals surface area contributed by atoms with Gasteiger partial charge >= 0.3 is 5.97 Å². The van der Waals surface area contributed by atoms with Gasteiger partial charge in [-0.15, -0.1) is 0 Å². The maximum absolute atomic E-state index is 12.2. The van der Waals surface area contributed by atoms with E-state index in [0.29, 0.717) is 11.1 Å². The van der Waals surface area contributed by atoms with E-state index in [4.69, 9.17) is 9.84 Å². The van der Waals surface area contributed by atoms with Gasteiger partial charge in [0.2, 0.25) is 0 Å². The average molecular weight is 367 g/mol. The number of nitrogens with zero attached hydrogens (tertiary/aromatic N) is 1. The zero-order chi connectivity index (χ0) is 19.8. The maximum atomic E-state index is 12.2. The molecule has 1 atom stereocenters. The number of aliphatic carboxylic acids is 1. The minimum Gasteiger partial charge on any atom is -0.479 e. The molecule has 0 amide bonds. The first-order chi connectivity index (χ1) is 12.9. The van der Waals surface area contributed by atoms with Gasteiger partial charge < -0.3 is 9.84 Å². The highest BCUT2D eigenvalue weighted by Gasteiger charge is 2.13. The van der Waals surface area contributed by atoms with Gasteiger partial charge in [0, 0.05) is 11.6 Å². The van der Waals surface area contributed by atoms with E-state index in [2.05, 4.69) is 0 Å². The highest BCUT2D eigenvalue weighted by molar-refractivity contribution is 6.04. The number of hydrogen-bond acceptors (Lipinski definition) is 5. The van der Waals surface area contributed by atoms with Crippen molar-refractivity contribution >= 4 is 23.5 Å². The van der Waals surface area contributed by atoms with Crippen molar-refractivity contribution < 1.29 is 24.4 Å². The summed E-state index contributed by atoms with van der Waals surface area (Å²) in [6.07, 6.45) is 4.83. The smallest absolute Gasteiger partial charge is 0.344 e. The third kappa shape index (κ3) is 5.64. The lowest BCUT2D eigenvalue weighted by atomic mass is 10.1. The number of ether oxygens (including phenoxy) is 1. The first-order valence-electron chi connectivity index (χ1n) is 8.00. The van der Waals surface area contributed by atoms with Crippen LogP contribution in [0.15, 0.2) is 66.8 Å². The minimum absolute atomic E-state index is 0.0223. The summed E-state index contributed by atoms with van der Waals surface area (Å²) in [5.74, 6) is -1.14. The van der Waals surface area contributed by atoms with Crippen LogP contribution in [-0.2, 0) is 4.79 Å². The molecule has 0 radical (unpaired) electrons. The van der Waals surface area contributed by atoms with Crippen LogP contribution in [0.25, 0.3) is 6.08 Å². The van der Waals surface area contributed by atoms with E-state index in [1.54, 1.807) is 36.4 Å². The molecule has 0 spiro atoms. The lowest BCUT2D eigenvalue weighted by Gasteiger charge is -2.10. The SMILES string of the molecule is CC(Oc1cccc(C(=O)/C=C/C=Cc2ccccc2[N+](=O)[O-])c1)C(=O)O. The number of hydrogen-bond donors (Lipinski definition) is 1. The molecule has 2 aromatic rings. The number of para-hydroxylation sites is 1. The van der Waals surface area contributed by atoms with Gasteiger partial charge in [0.05, 0.1) is 10.5 Å². The van der Waals surface area contributed by atoms with Gasteiger partial charge in [-0.25, -0.2) is 4.79 Å². The largest absolute Gasteiger partial charge is 0.479 e. The number of carboxylic acids is 1. The monoisotopic (exact) mass is 367 g/mol. The number of carbonyl (C=O) groups excluding carboxylic acids is 1. The molecule has 0 bridgehead atoms. The maximum Gasteiger partial charge on any atom is 0.344 e. The van der Waals surface area contributed by atoms with Gasteiger partial charge in [-0.1, -0.05) is 36.4 Å². The van der Waals surface area contributed by atoms with Gasteiger partial charge in [0.1, 0.15) is 5.75 Å². The second-order valence-electron chi connectivity index (χ2n) is 5.52. The first kappa shape index (κ1) is 19.6. The molecule has 2 aromatic carbocycles. The minimum atomic E-state index is -1.10. The normalized spacial score (nSPS) is 12.2. The first-order valence-corrected chi connectivity index (χ1v) is 8.00. The summed E-state index contributed by atoms with van der Waals surface area (Å²) in [6, 6.07) is 12.5.